The maximum absolute atomic E-state index is 12.6. The van der Waals surface area contributed by atoms with E-state index in [2.05, 4.69) is 15.9 Å². The molecule has 0 saturated carbocycles. The second-order valence-electron chi connectivity index (χ2n) is 4.24. The van der Waals surface area contributed by atoms with Crippen LogP contribution >= 0.6 is 15.9 Å². The summed E-state index contributed by atoms with van der Waals surface area (Å²) >= 11 is 3.38. The summed E-state index contributed by atoms with van der Waals surface area (Å²) in [6.45, 7) is 0. The van der Waals surface area contributed by atoms with E-state index >= 15 is 0 Å². The lowest BCUT2D eigenvalue weighted by atomic mass is 10.0. The van der Waals surface area contributed by atoms with Crippen LogP contribution < -0.4 is 14.2 Å². The van der Waals surface area contributed by atoms with Gasteiger partial charge in [0.1, 0.15) is 17.2 Å². The molecule has 110 valence electrons. The Bertz CT molecular complexity index is 650. The van der Waals surface area contributed by atoms with Crippen molar-refractivity contribution in [3.8, 4) is 17.2 Å². The fraction of sp³-hybridized carbons (Fsp3) is 0.188. The van der Waals surface area contributed by atoms with Gasteiger partial charge < -0.3 is 14.2 Å². The zero-order valence-electron chi connectivity index (χ0n) is 12.0. The highest BCUT2D eigenvalue weighted by molar-refractivity contribution is 9.10. The van der Waals surface area contributed by atoms with E-state index in [4.69, 9.17) is 14.2 Å². The third-order valence-electron chi connectivity index (χ3n) is 3.07. The molecule has 0 radical (unpaired) electrons. The lowest BCUT2D eigenvalue weighted by molar-refractivity contribution is 0.103. The topological polar surface area (TPSA) is 44.8 Å². The molecule has 5 heteroatoms. The number of benzene rings is 2. The lowest BCUT2D eigenvalue weighted by Gasteiger charge is -2.11. The summed E-state index contributed by atoms with van der Waals surface area (Å²) in [4.78, 5) is 12.6. The summed E-state index contributed by atoms with van der Waals surface area (Å²) in [7, 11) is 4.67. The highest BCUT2D eigenvalue weighted by Gasteiger charge is 2.17. The first-order valence-electron chi connectivity index (χ1n) is 6.21. The van der Waals surface area contributed by atoms with Gasteiger partial charge in [-0.1, -0.05) is 0 Å². The summed E-state index contributed by atoms with van der Waals surface area (Å²) in [5.74, 6) is 1.65. The van der Waals surface area contributed by atoms with Gasteiger partial charge in [-0.25, -0.2) is 0 Å². The molecular formula is C16H15BrO4. The molecule has 0 aliphatic heterocycles. The van der Waals surface area contributed by atoms with Crippen molar-refractivity contribution in [3.63, 3.8) is 0 Å². The largest absolute Gasteiger partial charge is 0.497 e. The van der Waals surface area contributed by atoms with Gasteiger partial charge in [0.2, 0.25) is 0 Å². The van der Waals surface area contributed by atoms with Crippen molar-refractivity contribution in [3.05, 3.63) is 52.0 Å². The second kappa shape index (κ2) is 6.63. The number of rotatable bonds is 5. The summed E-state index contributed by atoms with van der Waals surface area (Å²) < 4.78 is 16.3. The van der Waals surface area contributed by atoms with E-state index in [1.54, 1.807) is 50.6 Å². The molecule has 2 aromatic carbocycles. The number of halogens is 1. The van der Waals surface area contributed by atoms with Crippen molar-refractivity contribution in [2.75, 3.05) is 21.3 Å². The molecule has 0 heterocycles. The average molecular weight is 351 g/mol. The Balaban J connectivity index is 2.44. The normalized spacial score (nSPS) is 10.1. The molecule has 0 aliphatic carbocycles. The quantitative estimate of drug-likeness (QED) is 0.771. The summed E-state index contributed by atoms with van der Waals surface area (Å²) in [6, 6.07) is 10.3. The van der Waals surface area contributed by atoms with Crippen molar-refractivity contribution in [2.24, 2.45) is 0 Å². The van der Waals surface area contributed by atoms with Gasteiger partial charge >= 0.3 is 0 Å². The van der Waals surface area contributed by atoms with Gasteiger partial charge in [-0.3, -0.25) is 4.79 Å². The van der Waals surface area contributed by atoms with Crippen LogP contribution in [0.2, 0.25) is 0 Å². The van der Waals surface area contributed by atoms with Crippen LogP contribution in [0, 0.1) is 0 Å². The van der Waals surface area contributed by atoms with Crippen LogP contribution in [0.4, 0.5) is 0 Å². The molecule has 2 aromatic rings. The van der Waals surface area contributed by atoms with Crippen molar-refractivity contribution >= 4 is 21.7 Å². The first-order valence-corrected chi connectivity index (χ1v) is 7.00. The van der Waals surface area contributed by atoms with Crippen LogP contribution in [0.25, 0.3) is 0 Å². The summed E-state index contributed by atoms with van der Waals surface area (Å²) in [6.07, 6.45) is 0. The Morgan fingerprint density at radius 2 is 1.52 bits per heavy atom. The number of carbonyl (C=O) groups is 1. The molecule has 0 saturated heterocycles. The predicted octanol–water partition coefficient (Wildman–Crippen LogP) is 3.71. The maximum atomic E-state index is 12.6. The number of hydrogen-bond donors (Lipinski definition) is 0. The van der Waals surface area contributed by atoms with Crippen molar-refractivity contribution in [2.45, 2.75) is 0 Å². The van der Waals surface area contributed by atoms with Gasteiger partial charge in [0, 0.05) is 11.6 Å². The van der Waals surface area contributed by atoms with E-state index in [-0.39, 0.29) is 5.78 Å². The van der Waals surface area contributed by atoms with Gasteiger partial charge in [0.25, 0.3) is 0 Å². The highest BCUT2D eigenvalue weighted by atomic mass is 79.9. The Morgan fingerprint density at radius 3 is 2.05 bits per heavy atom. The smallest absolute Gasteiger partial charge is 0.196 e. The molecule has 0 N–H and O–H groups in total. The maximum Gasteiger partial charge on any atom is 0.196 e. The molecule has 0 atom stereocenters. The first-order chi connectivity index (χ1) is 10.1. The minimum Gasteiger partial charge on any atom is -0.497 e. The van der Waals surface area contributed by atoms with Crippen molar-refractivity contribution < 1.29 is 19.0 Å². The van der Waals surface area contributed by atoms with Crippen molar-refractivity contribution in [1.29, 1.82) is 0 Å². The minimum atomic E-state index is -0.127. The first kappa shape index (κ1) is 15.4. The van der Waals surface area contributed by atoms with E-state index in [1.807, 2.05) is 0 Å². The monoisotopic (exact) mass is 350 g/mol. The molecule has 21 heavy (non-hydrogen) atoms. The van der Waals surface area contributed by atoms with Crippen LogP contribution in [0.15, 0.2) is 40.9 Å². The van der Waals surface area contributed by atoms with E-state index in [9.17, 15) is 4.79 Å². The van der Waals surface area contributed by atoms with Crippen LogP contribution in [0.1, 0.15) is 15.9 Å². The van der Waals surface area contributed by atoms with E-state index in [0.29, 0.717) is 32.8 Å². The van der Waals surface area contributed by atoms with Crippen LogP contribution in [-0.4, -0.2) is 27.1 Å². The molecule has 0 fully saturated rings. The summed E-state index contributed by atoms with van der Waals surface area (Å²) in [5, 5.41) is 0. The SMILES string of the molecule is COc1ccc(C(=O)c2cc(Br)c(OC)cc2OC)cc1. The summed E-state index contributed by atoms with van der Waals surface area (Å²) in [5.41, 5.74) is 1.03. The third-order valence-corrected chi connectivity index (χ3v) is 3.69. The molecule has 0 aliphatic rings. The molecule has 0 bridgehead atoms. The number of carbonyl (C=O) groups excluding carboxylic acids is 1. The Labute approximate surface area is 131 Å². The van der Waals surface area contributed by atoms with Gasteiger partial charge in [-0.2, -0.15) is 0 Å². The van der Waals surface area contributed by atoms with Gasteiger partial charge in [-0.05, 0) is 46.3 Å². The molecule has 0 spiro atoms. The zero-order valence-corrected chi connectivity index (χ0v) is 13.6. The molecule has 4 nitrogen and oxygen atoms in total. The number of methoxy groups -OCH3 is 3. The molecule has 0 amide bonds. The highest BCUT2D eigenvalue weighted by Crippen LogP contribution is 2.34. The number of hydrogen-bond acceptors (Lipinski definition) is 4. The van der Waals surface area contributed by atoms with Crippen LogP contribution in [-0.2, 0) is 0 Å². The zero-order chi connectivity index (χ0) is 15.4. The number of ketones is 1. The van der Waals surface area contributed by atoms with Gasteiger partial charge in [0.05, 0.1) is 31.4 Å². The Morgan fingerprint density at radius 1 is 0.905 bits per heavy atom. The van der Waals surface area contributed by atoms with Crippen molar-refractivity contribution in [1.82, 2.24) is 0 Å². The van der Waals surface area contributed by atoms with E-state index in [1.165, 1.54) is 7.11 Å². The third kappa shape index (κ3) is 3.19. The standard InChI is InChI=1S/C16H15BrO4/c1-19-11-6-4-10(5-7-11)16(18)12-8-13(17)15(21-3)9-14(12)20-2/h4-9H,1-3H3. The molecule has 2 rings (SSSR count). The van der Waals surface area contributed by atoms with E-state index < -0.39 is 0 Å². The minimum absolute atomic E-state index is 0.127. The van der Waals surface area contributed by atoms with Gasteiger partial charge in [-0.15, -0.1) is 0 Å². The number of ether oxygens (including phenoxy) is 3. The Hall–Kier alpha value is -2.01. The van der Waals surface area contributed by atoms with E-state index in [0.717, 1.165) is 0 Å². The fourth-order valence-corrected chi connectivity index (χ4v) is 2.44. The second-order valence-corrected chi connectivity index (χ2v) is 5.10. The molecular weight excluding hydrogens is 336 g/mol. The fourth-order valence-electron chi connectivity index (χ4n) is 1.94. The Kier molecular flexibility index (Phi) is 4.85. The van der Waals surface area contributed by atoms with Crippen LogP contribution in [0.5, 0.6) is 17.2 Å². The lowest BCUT2D eigenvalue weighted by Crippen LogP contribution is -2.05. The van der Waals surface area contributed by atoms with Gasteiger partial charge in [0.15, 0.2) is 5.78 Å². The predicted molar refractivity (Wildman–Crippen MR) is 83.7 cm³/mol. The average Bonchev–Trinajstić information content (AvgIpc) is 2.54. The van der Waals surface area contributed by atoms with Crippen LogP contribution in [0.3, 0.4) is 0 Å². The molecule has 0 aromatic heterocycles. The molecule has 0 unspecified atom stereocenters.